The van der Waals surface area contributed by atoms with E-state index >= 15 is 0 Å². The van der Waals surface area contributed by atoms with E-state index in [1.54, 1.807) is 0 Å². The second-order valence-electron chi connectivity index (χ2n) is 7.88. The number of aromatic amines is 1. The molecule has 31 heavy (non-hydrogen) atoms. The number of hydrogen-bond acceptors (Lipinski definition) is 7. The molecule has 8 nitrogen and oxygen atoms in total. The van der Waals surface area contributed by atoms with E-state index in [2.05, 4.69) is 44.5 Å². The Morgan fingerprint density at radius 3 is 2.81 bits per heavy atom. The van der Waals surface area contributed by atoms with Gasteiger partial charge in [0.05, 0.1) is 24.6 Å². The van der Waals surface area contributed by atoms with Crippen LogP contribution in [0, 0.1) is 0 Å². The molecule has 1 atom stereocenters. The standard InChI is InChI=1S/C23H27N5O3/c1-16-15-28(6-7-29-16)22-5-2-17(12-25-22)11-24-13-19-14-26-27-23(19)18-3-4-20-21(10-18)31-9-8-30-20/h2-5,10,12,14,16,24H,6-9,11,13,15H2,1H3,(H,26,27)/t16-/m1/s1. The molecular weight excluding hydrogens is 394 g/mol. The molecule has 0 spiro atoms. The van der Waals surface area contributed by atoms with Gasteiger partial charge in [0.2, 0.25) is 0 Å². The zero-order valence-corrected chi connectivity index (χ0v) is 17.6. The predicted molar refractivity (Wildman–Crippen MR) is 117 cm³/mol. The van der Waals surface area contributed by atoms with Crippen LogP contribution in [0.3, 0.4) is 0 Å². The minimum Gasteiger partial charge on any atom is -0.486 e. The maximum atomic E-state index is 5.71. The molecule has 1 saturated heterocycles. The molecule has 162 valence electrons. The monoisotopic (exact) mass is 421 g/mol. The van der Waals surface area contributed by atoms with Gasteiger partial charge in [-0.1, -0.05) is 6.07 Å². The minimum absolute atomic E-state index is 0.246. The largest absolute Gasteiger partial charge is 0.486 e. The number of H-pyrrole nitrogens is 1. The van der Waals surface area contributed by atoms with Gasteiger partial charge in [0.25, 0.3) is 0 Å². The maximum absolute atomic E-state index is 5.71. The molecule has 8 heteroatoms. The van der Waals surface area contributed by atoms with E-state index < -0.39 is 0 Å². The second kappa shape index (κ2) is 8.95. The topological polar surface area (TPSA) is 84.5 Å². The van der Waals surface area contributed by atoms with E-state index in [-0.39, 0.29) is 6.10 Å². The Hall–Kier alpha value is -3.10. The van der Waals surface area contributed by atoms with Crippen molar-refractivity contribution in [3.63, 3.8) is 0 Å². The van der Waals surface area contributed by atoms with E-state index in [0.29, 0.717) is 19.8 Å². The first-order chi connectivity index (χ1) is 15.3. The summed E-state index contributed by atoms with van der Waals surface area (Å²) in [6.07, 6.45) is 4.05. The Morgan fingerprint density at radius 2 is 1.97 bits per heavy atom. The molecule has 2 N–H and O–H groups in total. The lowest BCUT2D eigenvalue weighted by Crippen LogP contribution is -2.41. The van der Waals surface area contributed by atoms with Crippen LogP contribution in [0.1, 0.15) is 18.1 Å². The van der Waals surface area contributed by atoms with Crippen molar-refractivity contribution in [1.82, 2.24) is 20.5 Å². The number of nitrogens with one attached hydrogen (secondary N) is 2. The van der Waals surface area contributed by atoms with Crippen LogP contribution in [0.15, 0.2) is 42.7 Å². The number of morpholine rings is 1. The van der Waals surface area contributed by atoms with Crippen LogP contribution < -0.4 is 19.7 Å². The van der Waals surface area contributed by atoms with Crippen molar-refractivity contribution in [1.29, 1.82) is 0 Å². The van der Waals surface area contributed by atoms with Gasteiger partial charge in [-0.15, -0.1) is 0 Å². The van der Waals surface area contributed by atoms with Crippen LogP contribution in [-0.4, -0.2) is 54.2 Å². The van der Waals surface area contributed by atoms with Crippen molar-refractivity contribution in [2.24, 2.45) is 0 Å². The molecule has 1 fully saturated rings. The first kappa shape index (κ1) is 19.8. The smallest absolute Gasteiger partial charge is 0.162 e. The summed E-state index contributed by atoms with van der Waals surface area (Å²) in [5.41, 5.74) is 4.27. The van der Waals surface area contributed by atoms with Crippen LogP contribution >= 0.6 is 0 Å². The number of aromatic nitrogens is 3. The molecule has 2 aliphatic rings. The summed E-state index contributed by atoms with van der Waals surface area (Å²) in [6.45, 7) is 7.22. The molecule has 2 aromatic heterocycles. The summed E-state index contributed by atoms with van der Waals surface area (Å²) in [7, 11) is 0. The van der Waals surface area contributed by atoms with Crippen molar-refractivity contribution in [2.75, 3.05) is 37.8 Å². The van der Waals surface area contributed by atoms with Gasteiger partial charge in [-0.2, -0.15) is 5.10 Å². The zero-order valence-electron chi connectivity index (χ0n) is 17.6. The van der Waals surface area contributed by atoms with Crippen LogP contribution in [0.4, 0.5) is 5.82 Å². The highest BCUT2D eigenvalue weighted by Gasteiger charge is 2.18. The van der Waals surface area contributed by atoms with E-state index in [4.69, 9.17) is 14.2 Å². The summed E-state index contributed by atoms with van der Waals surface area (Å²) in [5.74, 6) is 2.57. The van der Waals surface area contributed by atoms with Gasteiger partial charge in [-0.05, 0) is 36.8 Å². The molecule has 0 unspecified atom stereocenters. The van der Waals surface area contributed by atoms with Crippen molar-refractivity contribution < 1.29 is 14.2 Å². The number of pyridine rings is 1. The van der Waals surface area contributed by atoms with Gasteiger partial charge in [0.15, 0.2) is 11.5 Å². The van der Waals surface area contributed by atoms with Gasteiger partial charge >= 0.3 is 0 Å². The normalized spacial score (nSPS) is 18.2. The van der Waals surface area contributed by atoms with Gasteiger partial charge in [-0.3, -0.25) is 5.10 Å². The molecule has 5 rings (SSSR count). The summed E-state index contributed by atoms with van der Waals surface area (Å²) in [5, 5.41) is 10.8. The van der Waals surface area contributed by atoms with E-state index in [9.17, 15) is 0 Å². The zero-order chi connectivity index (χ0) is 21.0. The molecular formula is C23H27N5O3. The summed E-state index contributed by atoms with van der Waals surface area (Å²) < 4.78 is 16.9. The Morgan fingerprint density at radius 1 is 1.06 bits per heavy atom. The number of fused-ring (bicyclic) bond motifs is 1. The lowest BCUT2D eigenvalue weighted by Gasteiger charge is -2.32. The highest BCUT2D eigenvalue weighted by Crippen LogP contribution is 2.34. The summed E-state index contributed by atoms with van der Waals surface area (Å²) in [6, 6.07) is 10.2. The van der Waals surface area contributed by atoms with E-state index in [1.165, 1.54) is 0 Å². The Labute approximate surface area is 181 Å². The number of anilines is 1. The number of rotatable bonds is 6. The third-order valence-corrected chi connectivity index (χ3v) is 5.57. The Kier molecular flexibility index (Phi) is 5.73. The molecule has 0 amide bonds. The maximum Gasteiger partial charge on any atom is 0.162 e. The fourth-order valence-electron chi connectivity index (χ4n) is 3.97. The number of benzene rings is 1. The second-order valence-corrected chi connectivity index (χ2v) is 7.88. The molecule has 0 radical (unpaired) electrons. The predicted octanol–water partition coefficient (Wildman–Crippen LogP) is 2.76. The van der Waals surface area contributed by atoms with Crippen LogP contribution in [-0.2, 0) is 17.8 Å². The first-order valence-electron chi connectivity index (χ1n) is 10.7. The highest BCUT2D eigenvalue weighted by molar-refractivity contribution is 5.66. The van der Waals surface area contributed by atoms with Crippen LogP contribution in [0.25, 0.3) is 11.3 Å². The Bertz CT molecular complexity index is 1020. The number of hydrogen-bond donors (Lipinski definition) is 2. The number of nitrogens with zero attached hydrogens (tertiary/aromatic N) is 3. The molecule has 0 bridgehead atoms. The summed E-state index contributed by atoms with van der Waals surface area (Å²) >= 11 is 0. The van der Waals surface area contributed by atoms with Gasteiger partial charge < -0.3 is 24.4 Å². The molecule has 3 aromatic rings. The van der Waals surface area contributed by atoms with Gasteiger partial charge in [0.1, 0.15) is 19.0 Å². The fourth-order valence-corrected chi connectivity index (χ4v) is 3.97. The SMILES string of the molecule is C[C@@H]1CN(c2ccc(CNCc3cn[nH]c3-c3ccc4c(c3)OCCO4)cn2)CCO1. The Balaban J connectivity index is 1.19. The average Bonchev–Trinajstić information content (AvgIpc) is 3.28. The first-order valence-corrected chi connectivity index (χ1v) is 10.7. The lowest BCUT2D eigenvalue weighted by molar-refractivity contribution is 0.0529. The molecule has 0 aliphatic carbocycles. The molecule has 1 aromatic carbocycles. The highest BCUT2D eigenvalue weighted by atomic mass is 16.6. The molecule has 2 aliphatic heterocycles. The van der Waals surface area contributed by atoms with Gasteiger partial charge in [-0.25, -0.2) is 4.98 Å². The molecule has 4 heterocycles. The third-order valence-electron chi connectivity index (χ3n) is 5.57. The average molecular weight is 422 g/mol. The van der Waals surface area contributed by atoms with Crippen molar-refractivity contribution in [2.45, 2.75) is 26.1 Å². The van der Waals surface area contributed by atoms with Crippen LogP contribution in [0.5, 0.6) is 11.5 Å². The third kappa shape index (κ3) is 4.50. The quantitative estimate of drug-likeness (QED) is 0.633. The van der Waals surface area contributed by atoms with Crippen molar-refractivity contribution in [3.05, 3.63) is 53.9 Å². The number of ether oxygens (including phenoxy) is 3. The van der Waals surface area contributed by atoms with Crippen LogP contribution in [0.2, 0.25) is 0 Å². The van der Waals surface area contributed by atoms with Gasteiger partial charge in [0, 0.05) is 43.5 Å². The molecule has 0 saturated carbocycles. The van der Waals surface area contributed by atoms with E-state index in [0.717, 1.165) is 65.9 Å². The summed E-state index contributed by atoms with van der Waals surface area (Å²) in [4.78, 5) is 6.92. The van der Waals surface area contributed by atoms with E-state index in [1.807, 2.05) is 30.6 Å². The minimum atomic E-state index is 0.246. The van der Waals surface area contributed by atoms with Crippen molar-refractivity contribution in [3.8, 4) is 22.8 Å². The fraction of sp³-hybridized carbons (Fsp3) is 0.391. The lowest BCUT2D eigenvalue weighted by atomic mass is 10.1. The van der Waals surface area contributed by atoms with Crippen molar-refractivity contribution >= 4 is 5.82 Å².